The van der Waals surface area contributed by atoms with Crippen molar-refractivity contribution in [3.63, 3.8) is 0 Å². The molecule has 0 atom stereocenters. The van der Waals surface area contributed by atoms with Crippen molar-refractivity contribution >= 4 is 11.7 Å². The maximum absolute atomic E-state index is 11.4. The van der Waals surface area contributed by atoms with Crippen LogP contribution in [0.5, 0.6) is 0 Å². The first-order valence-corrected chi connectivity index (χ1v) is 5.56. The number of hydrogen-bond acceptors (Lipinski definition) is 3. The lowest BCUT2D eigenvalue weighted by atomic mass is 10.3. The van der Waals surface area contributed by atoms with Crippen LogP contribution in [0.15, 0.2) is 18.2 Å². The summed E-state index contributed by atoms with van der Waals surface area (Å²) < 4.78 is 0. The largest absolute Gasteiger partial charge is 0.358 e. The highest BCUT2D eigenvalue weighted by Crippen LogP contribution is 2.11. The van der Waals surface area contributed by atoms with Gasteiger partial charge in [0.15, 0.2) is 0 Å². The van der Waals surface area contributed by atoms with Crippen molar-refractivity contribution in [2.24, 2.45) is 0 Å². The van der Waals surface area contributed by atoms with E-state index in [2.05, 4.69) is 17.2 Å². The van der Waals surface area contributed by atoms with Gasteiger partial charge in [-0.3, -0.25) is 4.79 Å². The lowest BCUT2D eigenvalue weighted by Crippen LogP contribution is -2.36. The van der Waals surface area contributed by atoms with Gasteiger partial charge < -0.3 is 10.2 Å². The monoisotopic (exact) mass is 221 g/mol. The lowest BCUT2D eigenvalue weighted by Gasteiger charge is -2.22. The first-order chi connectivity index (χ1) is 7.67. The van der Waals surface area contributed by atoms with Crippen molar-refractivity contribution in [1.29, 1.82) is 0 Å². The van der Waals surface area contributed by atoms with Crippen LogP contribution in [-0.2, 0) is 4.79 Å². The smallest absolute Gasteiger partial charge is 0.239 e. The molecule has 4 heteroatoms. The van der Waals surface area contributed by atoms with Crippen molar-refractivity contribution in [1.82, 2.24) is 10.3 Å². The Morgan fingerprint density at radius 1 is 1.50 bits per heavy atom. The number of rotatable bonds is 5. The molecule has 0 saturated carbocycles. The predicted molar refractivity (Wildman–Crippen MR) is 65.5 cm³/mol. The normalized spacial score (nSPS) is 9.94. The molecule has 0 radical (unpaired) electrons. The van der Waals surface area contributed by atoms with Crippen LogP contribution in [0.3, 0.4) is 0 Å². The van der Waals surface area contributed by atoms with Gasteiger partial charge in [0.25, 0.3) is 0 Å². The molecule has 1 aromatic rings. The van der Waals surface area contributed by atoms with Crippen LogP contribution in [0.2, 0.25) is 0 Å². The molecule has 0 unspecified atom stereocenters. The number of nitrogens with one attached hydrogen (secondary N) is 1. The molecule has 1 N–H and O–H groups in total. The van der Waals surface area contributed by atoms with E-state index < -0.39 is 0 Å². The summed E-state index contributed by atoms with van der Waals surface area (Å²) in [6.45, 7) is 5.24. The summed E-state index contributed by atoms with van der Waals surface area (Å²) >= 11 is 0. The molecule has 0 saturated heterocycles. The molecule has 1 aromatic heterocycles. The van der Waals surface area contributed by atoms with Crippen molar-refractivity contribution in [3.8, 4) is 0 Å². The van der Waals surface area contributed by atoms with Crippen molar-refractivity contribution < 1.29 is 4.79 Å². The zero-order valence-corrected chi connectivity index (χ0v) is 10.2. The van der Waals surface area contributed by atoms with Gasteiger partial charge in [0.2, 0.25) is 5.91 Å². The minimum Gasteiger partial charge on any atom is -0.358 e. The second-order valence-corrected chi connectivity index (χ2v) is 3.73. The highest BCUT2D eigenvalue weighted by atomic mass is 16.1. The van der Waals surface area contributed by atoms with Gasteiger partial charge in [-0.15, -0.1) is 0 Å². The van der Waals surface area contributed by atoms with Crippen molar-refractivity contribution in [2.45, 2.75) is 20.3 Å². The quantitative estimate of drug-likeness (QED) is 0.816. The Morgan fingerprint density at radius 3 is 2.81 bits per heavy atom. The Morgan fingerprint density at radius 2 is 2.25 bits per heavy atom. The fraction of sp³-hybridized carbons (Fsp3) is 0.500. The van der Waals surface area contributed by atoms with Gasteiger partial charge in [-0.05, 0) is 25.5 Å². The van der Waals surface area contributed by atoms with E-state index in [1.807, 2.05) is 30.0 Å². The summed E-state index contributed by atoms with van der Waals surface area (Å²) in [6.07, 6.45) is 0.993. The number of likely N-dealkylation sites (N-methyl/N-ethyl adjacent to an activating group) is 1. The molecular weight excluding hydrogens is 202 g/mol. The minimum atomic E-state index is 0.0109. The number of aromatic nitrogens is 1. The third-order valence-electron chi connectivity index (χ3n) is 2.30. The highest BCUT2D eigenvalue weighted by Gasteiger charge is 2.10. The van der Waals surface area contributed by atoms with Gasteiger partial charge in [-0.1, -0.05) is 13.0 Å². The zero-order valence-electron chi connectivity index (χ0n) is 10.2. The number of carbonyl (C=O) groups is 1. The second-order valence-electron chi connectivity index (χ2n) is 3.73. The van der Waals surface area contributed by atoms with Crippen LogP contribution in [0, 0.1) is 6.92 Å². The van der Waals surface area contributed by atoms with E-state index in [-0.39, 0.29) is 5.91 Å². The molecule has 1 heterocycles. The predicted octanol–water partition coefficient (Wildman–Crippen LogP) is 1.35. The number of hydrogen-bond donors (Lipinski definition) is 1. The summed E-state index contributed by atoms with van der Waals surface area (Å²) in [5.41, 5.74) is 0.968. The van der Waals surface area contributed by atoms with Gasteiger partial charge in [0, 0.05) is 19.3 Å². The Kier molecular flexibility index (Phi) is 4.76. The fourth-order valence-electron chi connectivity index (χ4n) is 1.50. The molecule has 1 rings (SSSR count). The van der Waals surface area contributed by atoms with Crippen molar-refractivity contribution in [3.05, 3.63) is 23.9 Å². The maximum atomic E-state index is 11.4. The molecule has 16 heavy (non-hydrogen) atoms. The summed E-state index contributed by atoms with van der Waals surface area (Å²) in [4.78, 5) is 17.8. The molecule has 0 aliphatic carbocycles. The van der Waals surface area contributed by atoms with Gasteiger partial charge >= 0.3 is 0 Å². The van der Waals surface area contributed by atoms with Crippen LogP contribution < -0.4 is 10.2 Å². The third-order valence-corrected chi connectivity index (χ3v) is 2.30. The van der Waals surface area contributed by atoms with E-state index >= 15 is 0 Å². The summed E-state index contributed by atoms with van der Waals surface area (Å²) in [6, 6.07) is 5.85. The molecule has 0 bridgehead atoms. The van der Waals surface area contributed by atoms with Crippen LogP contribution in [0.1, 0.15) is 19.0 Å². The number of pyridine rings is 1. The summed E-state index contributed by atoms with van der Waals surface area (Å²) in [7, 11) is 1.65. The Labute approximate surface area is 96.7 Å². The fourth-order valence-corrected chi connectivity index (χ4v) is 1.50. The summed E-state index contributed by atoms with van der Waals surface area (Å²) in [5.74, 6) is 0.877. The number of nitrogens with zero attached hydrogens (tertiary/aromatic N) is 2. The molecule has 0 aliphatic rings. The average molecular weight is 221 g/mol. The molecule has 0 spiro atoms. The minimum absolute atomic E-state index is 0.0109. The van der Waals surface area contributed by atoms with Crippen molar-refractivity contribution in [2.75, 3.05) is 25.0 Å². The van der Waals surface area contributed by atoms with Gasteiger partial charge in [0.1, 0.15) is 5.82 Å². The van der Waals surface area contributed by atoms with Crippen LogP contribution in [-0.4, -0.2) is 31.0 Å². The van der Waals surface area contributed by atoms with E-state index in [0.29, 0.717) is 6.54 Å². The number of amides is 1. The molecule has 4 nitrogen and oxygen atoms in total. The van der Waals surface area contributed by atoms with Gasteiger partial charge in [-0.25, -0.2) is 4.98 Å². The second kappa shape index (κ2) is 6.10. The average Bonchev–Trinajstić information content (AvgIpc) is 2.28. The third kappa shape index (κ3) is 3.53. The Hall–Kier alpha value is -1.58. The standard InChI is InChI=1S/C12H19N3O/c1-4-8-15(9-12(16)13-3)11-7-5-6-10(2)14-11/h5-7H,4,8-9H2,1-3H3,(H,13,16). The van der Waals surface area contributed by atoms with E-state index in [0.717, 1.165) is 24.5 Å². The van der Waals surface area contributed by atoms with Crippen LogP contribution >= 0.6 is 0 Å². The molecule has 0 aliphatic heterocycles. The van der Waals surface area contributed by atoms with E-state index in [1.54, 1.807) is 7.05 Å². The highest BCUT2D eigenvalue weighted by molar-refractivity contribution is 5.80. The Bertz CT molecular complexity index is 352. The number of anilines is 1. The first kappa shape index (κ1) is 12.5. The number of carbonyl (C=O) groups excluding carboxylic acids is 1. The topological polar surface area (TPSA) is 45.2 Å². The van der Waals surface area contributed by atoms with E-state index in [9.17, 15) is 4.79 Å². The molecule has 1 amide bonds. The van der Waals surface area contributed by atoms with Crippen LogP contribution in [0.25, 0.3) is 0 Å². The lowest BCUT2D eigenvalue weighted by molar-refractivity contribution is -0.119. The molecule has 88 valence electrons. The number of aryl methyl sites for hydroxylation is 1. The first-order valence-electron chi connectivity index (χ1n) is 5.56. The van der Waals surface area contributed by atoms with Gasteiger partial charge in [-0.2, -0.15) is 0 Å². The van der Waals surface area contributed by atoms with Crippen LogP contribution in [0.4, 0.5) is 5.82 Å². The SMILES string of the molecule is CCCN(CC(=O)NC)c1cccc(C)n1. The summed E-state index contributed by atoms with van der Waals surface area (Å²) in [5, 5.41) is 2.63. The molecular formula is C12H19N3O. The Balaban J connectivity index is 2.80. The van der Waals surface area contributed by atoms with Gasteiger partial charge in [0.05, 0.1) is 6.54 Å². The molecule has 0 aromatic carbocycles. The van der Waals surface area contributed by atoms with E-state index in [1.165, 1.54) is 0 Å². The van der Waals surface area contributed by atoms with E-state index in [4.69, 9.17) is 0 Å². The zero-order chi connectivity index (χ0) is 12.0. The maximum Gasteiger partial charge on any atom is 0.239 e. The molecule has 0 fully saturated rings.